The Morgan fingerprint density at radius 2 is 1.81 bits per heavy atom. The number of nitrogens with zero attached hydrogens (tertiary/aromatic N) is 4. The van der Waals surface area contributed by atoms with Crippen molar-refractivity contribution in [3.05, 3.63) is 34.7 Å². The van der Waals surface area contributed by atoms with Gasteiger partial charge in [0.15, 0.2) is 5.69 Å². The second kappa shape index (κ2) is 5.47. The summed E-state index contributed by atoms with van der Waals surface area (Å²) in [6.07, 6.45) is -4.47. The molecule has 0 aliphatic carbocycles. The SMILES string of the molecule is Cc1nn(C)c(F)c1CNCc1cc(C(F)(F)F)nn1C. The van der Waals surface area contributed by atoms with E-state index in [1.165, 1.54) is 14.1 Å². The summed E-state index contributed by atoms with van der Waals surface area (Å²) in [5.74, 6) is -0.457. The van der Waals surface area contributed by atoms with Crippen LogP contribution in [0.25, 0.3) is 0 Å². The van der Waals surface area contributed by atoms with Gasteiger partial charge in [-0.15, -0.1) is 0 Å². The minimum absolute atomic E-state index is 0.146. The molecule has 0 saturated heterocycles. The van der Waals surface area contributed by atoms with Gasteiger partial charge in [0, 0.05) is 32.7 Å². The minimum Gasteiger partial charge on any atom is -0.307 e. The Morgan fingerprint density at radius 1 is 1.14 bits per heavy atom. The summed E-state index contributed by atoms with van der Waals surface area (Å²) in [4.78, 5) is 0. The van der Waals surface area contributed by atoms with Crippen molar-refractivity contribution in [1.82, 2.24) is 24.9 Å². The summed E-state index contributed by atoms with van der Waals surface area (Å²) in [6, 6.07) is 0.972. The fourth-order valence-electron chi connectivity index (χ4n) is 2.00. The molecular formula is C12H15F4N5. The number of nitrogens with one attached hydrogen (secondary N) is 1. The molecule has 0 aliphatic rings. The van der Waals surface area contributed by atoms with E-state index < -0.39 is 17.8 Å². The average molecular weight is 305 g/mol. The molecule has 116 valence electrons. The van der Waals surface area contributed by atoms with Gasteiger partial charge in [0.05, 0.1) is 11.4 Å². The van der Waals surface area contributed by atoms with Crippen LogP contribution < -0.4 is 5.32 Å². The quantitative estimate of drug-likeness (QED) is 0.878. The molecule has 1 N–H and O–H groups in total. The van der Waals surface area contributed by atoms with E-state index in [-0.39, 0.29) is 13.1 Å². The van der Waals surface area contributed by atoms with Crippen LogP contribution in [0.4, 0.5) is 17.6 Å². The van der Waals surface area contributed by atoms with Gasteiger partial charge in [-0.1, -0.05) is 0 Å². The molecule has 0 amide bonds. The topological polar surface area (TPSA) is 47.7 Å². The van der Waals surface area contributed by atoms with Crippen LogP contribution in [0.15, 0.2) is 6.07 Å². The summed E-state index contributed by atoms with van der Waals surface area (Å²) in [5.41, 5.74) is 0.369. The fourth-order valence-corrected chi connectivity index (χ4v) is 2.00. The first-order chi connectivity index (χ1) is 9.70. The molecular weight excluding hydrogens is 290 g/mol. The Labute approximate surface area is 118 Å². The number of aromatic nitrogens is 4. The lowest BCUT2D eigenvalue weighted by molar-refractivity contribution is -0.141. The lowest BCUT2D eigenvalue weighted by Gasteiger charge is -2.04. The van der Waals surface area contributed by atoms with Crippen LogP contribution in [0.3, 0.4) is 0 Å². The average Bonchev–Trinajstić information content (AvgIpc) is 2.84. The maximum atomic E-state index is 13.7. The fraction of sp³-hybridized carbons (Fsp3) is 0.500. The van der Waals surface area contributed by atoms with E-state index in [1.54, 1.807) is 6.92 Å². The highest BCUT2D eigenvalue weighted by molar-refractivity contribution is 5.18. The van der Waals surface area contributed by atoms with Crippen LogP contribution in [0, 0.1) is 12.9 Å². The third-order valence-electron chi connectivity index (χ3n) is 3.14. The zero-order valence-corrected chi connectivity index (χ0v) is 11.8. The Hall–Kier alpha value is -1.90. The van der Waals surface area contributed by atoms with Crippen LogP contribution in [0.2, 0.25) is 0 Å². The van der Waals surface area contributed by atoms with Gasteiger partial charge < -0.3 is 5.32 Å². The summed E-state index contributed by atoms with van der Waals surface area (Å²) < 4.78 is 53.5. The molecule has 0 bridgehead atoms. The van der Waals surface area contributed by atoms with Crippen molar-refractivity contribution in [3.8, 4) is 0 Å². The predicted molar refractivity (Wildman–Crippen MR) is 66.7 cm³/mol. The van der Waals surface area contributed by atoms with Crippen LogP contribution in [-0.2, 0) is 33.4 Å². The molecule has 5 nitrogen and oxygen atoms in total. The Morgan fingerprint density at radius 3 is 2.29 bits per heavy atom. The zero-order valence-electron chi connectivity index (χ0n) is 11.8. The molecule has 0 aliphatic heterocycles. The second-order valence-electron chi connectivity index (χ2n) is 4.72. The van der Waals surface area contributed by atoms with Crippen molar-refractivity contribution in [3.63, 3.8) is 0 Å². The molecule has 21 heavy (non-hydrogen) atoms. The van der Waals surface area contributed by atoms with E-state index in [0.29, 0.717) is 17.0 Å². The van der Waals surface area contributed by atoms with Gasteiger partial charge in [0.1, 0.15) is 0 Å². The van der Waals surface area contributed by atoms with Crippen molar-refractivity contribution in [1.29, 1.82) is 0 Å². The predicted octanol–water partition coefficient (Wildman–Crippen LogP) is 1.91. The first-order valence-electron chi connectivity index (χ1n) is 6.19. The molecule has 0 saturated carbocycles. The molecule has 2 aromatic heterocycles. The van der Waals surface area contributed by atoms with Crippen molar-refractivity contribution in [2.45, 2.75) is 26.2 Å². The molecule has 0 atom stereocenters. The van der Waals surface area contributed by atoms with Crippen LogP contribution in [-0.4, -0.2) is 19.6 Å². The third-order valence-corrected chi connectivity index (χ3v) is 3.14. The lowest BCUT2D eigenvalue weighted by atomic mass is 10.2. The first-order valence-corrected chi connectivity index (χ1v) is 6.19. The van der Waals surface area contributed by atoms with Crippen molar-refractivity contribution < 1.29 is 17.6 Å². The highest BCUT2D eigenvalue weighted by atomic mass is 19.4. The number of hydrogen-bond acceptors (Lipinski definition) is 3. The molecule has 0 aromatic carbocycles. The highest BCUT2D eigenvalue weighted by Crippen LogP contribution is 2.28. The maximum Gasteiger partial charge on any atom is 0.435 e. The molecule has 0 fully saturated rings. The van der Waals surface area contributed by atoms with Crippen LogP contribution in [0.1, 0.15) is 22.6 Å². The van der Waals surface area contributed by atoms with Gasteiger partial charge in [-0.05, 0) is 13.0 Å². The van der Waals surface area contributed by atoms with Crippen LogP contribution in [0.5, 0.6) is 0 Å². The number of halogens is 4. The molecule has 0 spiro atoms. The van der Waals surface area contributed by atoms with Gasteiger partial charge in [0.2, 0.25) is 5.95 Å². The summed E-state index contributed by atoms with van der Waals surface area (Å²) in [6.45, 7) is 2.00. The Kier molecular flexibility index (Phi) is 4.04. The normalized spacial score (nSPS) is 12.1. The largest absolute Gasteiger partial charge is 0.435 e. The molecule has 9 heteroatoms. The summed E-state index contributed by atoms with van der Waals surface area (Å²) in [7, 11) is 2.92. The van der Waals surface area contributed by atoms with E-state index in [4.69, 9.17) is 0 Å². The van der Waals surface area contributed by atoms with Crippen molar-refractivity contribution in [2.24, 2.45) is 14.1 Å². The van der Waals surface area contributed by atoms with Crippen LogP contribution >= 0.6 is 0 Å². The first kappa shape index (κ1) is 15.5. The van der Waals surface area contributed by atoms with Gasteiger partial charge in [0.25, 0.3) is 0 Å². The number of aryl methyl sites for hydroxylation is 3. The summed E-state index contributed by atoms with van der Waals surface area (Å²) >= 11 is 0. The molecule has 0 unspecified atom stereocenters. The molecule has 2 rings (SSSR count). The van der Waals surface area contributed by atoms with E-state index in [9.17, 15) is 17.6 Å². The van der Waals surface area contributed by atoms with Gasteiger partial charge in [-0.2, -0.15) is 27.8 Å². The minimum atomic E-state index is -4.47. The summed E-state index contributed by atoms with van der Waals surface area (Å²) in [5, 5.41) is 10.2. The highest BCUT2D eigenvalue weighted by Gasteiger charge is 2.34. The molecule has 2 heterocycles. The maximum absolute atomic E-state index is 13.7. The van der Waals surface area contributed by atoms with Gasteiger partial charge in [-0.3, -0.25) is 4.68 Å². The molecule has 2 aromatic rings. The monoisotopic (exact) mass is 305 g/mol. The van der Waals surface area contributed by atoms with Gasteiger partial charge >= 0.3 is 6.18 Å². The Balaban J connectivity index is 2.02. The second-order valence-corrected chi connectivity index (χ2v) is 4.72. The molecule has 0 radical (unpaired) electrons. The zero-order chi connectivity index (χ0) is 15.8. The standard InChI is InChI=1S/C12H15F4N5/c1-7-9(11(13)21(3)18-7)6-17-5-8-4-10(12(14,15)16)19-20(8)2/h4,17H,5-6H2,1-3H3. The number of alkyl halides is 3. The van der Waals surface area contributed by atoms with E-state index in [0.717, 1.165) is 15.4 Å². The number of hydrogen-bond donors (Lipinski definition) is 1. The smallest absolute Gasteiger partial charge is 0.307 e. The van der Waals surface area contributed by atoms with E-state index in [2.05, 4.69) is 15.5 Å². The number of rotatable bonds is 4. The van der Waals surface area contributed by atoms with Crippen molar-refractivity contribution >= 4 is 0 Å². The van der Waals surface area contributed by atoms with E-state index in [1.807, 2.05) is 0 Å². The Bertz CT molecular complexity index is 641. The third kappa shape index (κ3) is 3.23. The van der Waals surface area contributed by atoms with Gasteiger partial charge in [-0.25, -0.2) is 4.68 Å². The van der Waals surface area contributed by atoms with E-state index >= 15 is 0 Å². The van der Waals surface area contributed by atoms with Crippen molar-refractivity contribution in [2.75, 3.05) is 0 Å². The lowest BCUT2D eigenvalue weighted by Crippen LogP contribution is -2.16.